The molecule has 249 valence electrons. The van der Waals surface area contributed by atoms with Crippen molar-refractivity contribution in [3.63, 3.8) is 0 Å². The number of allylic oxidation sites excluding steroid dienone is 2. The molecule has 0 aliphatic rings. The summed E-state index contributed by atoms with van der Waals surface area (Å²) in [7, 11) is 0. The topological polar surface area (TPSA) is 63.1 Å². The van der Waals surface area contributed by atoms with E-state index in [1.165, 1.54) is 46.8 Å². The fourth-order valence-corrected chi connectivity index (χ4v) is 8.99. The van der Waals surface area contributed by atoms with Crippen LogP contribution in [0.3, 0.4) is 0 Å². The van der Waals surface area contributed by atoms with Crippen LogP contribution in [0.5, 0.6) is 0 Å². The van der Waals surface area contributed by atoms with Gasteiger partial charge in [0.05, 0.1) is 20.9 Å². The number of aliphatic hydroxyl groups excluding tert-OH is 1. The summed E-state index contributed by atoms with van der Waals surface area (Å²) >= 11 is 3.75. The van der Waals surface area contributed by atoms with Gasteiger partial charge in [0.15, 0.2) is 5.78 Å². The van der Waals surface area contributed by atoms with Crippen molar-refractivity contribution in [3.8, 4) is 11.3 Å². The second kappa shape index (κ2) is 16.1. The number of aromatic nitrogens is 2. The molecule has 0 fully saturated rings. The summed E-state index contributed by atoms with van der Waals surface area (Å²) in [5, 5.41) is 21.5. The number of ketones is 1. The zero-order valence-electron chi connectivity index (χ0n) is 29.1. The molecule has 3 heterocycles. The minimum Gasteiger partial charge on any atom is -0.512 e. The van der Waals surface area contributed by atoms with Gasteiger partial charge in [-0.15, -0.1) is 57.6 Å². The number of hydrogen-bond acceptors (Lipinski definition) is 6. The predicted octanol–water partition coefficient (Wildman–Crippen LogP) is 11.9. The molecule has 0 spiro atoms. The van der Waals surface area contributed by atoms with E-state index in [0.29, 0.717) is 5.41 Å². The van der Waals surface area contributed by atoms with Crippen molar-refractivity contribution in [3.05, 3.63) is 70.6 Å². The minimum atomic E-state index is 0. The molecule has 1 N–H and O–H groups in total. The van der Waals surface area contributed by atoms with E-state index >= 15 is 0 Å². The zero-order chi connectivity index (χ0) is 33.1. The van der Waals surface area contributed by atoms with Gasteiger partial charge in [0.25, 0.3) is 0 Å². The second-order valence-corrected chi connectivity index (χ2v) is 15.6. The molecule has 0 saturated heterocycles. The Kier molecular flexibility index (Phi) is 13.3. The van der Waals surface area contributed by atoms with E-state index in [9.17, 15) is 9.90 Å². The number of fused-ring (bicyclic) bond motifs is 5. The van der Waals surface area contributed by atoms with Gasteiger partial charge in [0.2, 0.25) is 0 Å². The van der Waals surface area contributed by atoms with Gasteiger partial charge < -0.3 is 5.11 Å². The summed E-state index contributed by atoms with van der Waals surface area (Å²) in [6.45, 7) is 21.2. The number of benzene rings is 2. The molecule has 3 aromatic heterocycles. The van der Waals surface area contributed by atoms with Crippen LogP contribution in [0.1, 0.15) is 96.5 Å². The molecule has 1 radical (unpaired) electrons. The van der Waals surface area contributed by atoms with Gasteiger partial charge in [-0.05, 0) is 56.1 Å². The second-order valence-electron chi connectivity index (χ2n) is 13.5. The number of aryl methyl sites for hydroxylation is 3. The van der Waals surface area contributed by atoms with Crippen molar-refractivity contribution in [1.82, 2.24) is 10.2 Å². The number of aliphatic hydroxyl groups is 1. The quantitative estimate of drug-likeness (QED) is 0.0913. The number of thiophene rings is 2. The van der Waals surface area contributed by atoms with Crippen LogP contribution in [0.2, 0.25) is 0 Å². The van der Waals surface area contributed by atoms with E-state index in [2.05, 4.69) is 88.1 Å². The molecular weight excluding hydrogens is 785 g/mol. The van der Waals surface area contributed by atoms with Gasteiger partial charge in [-0.3, -0.25) is 4.79 Å². The van der Waals surface area contributed by atoms with Gasteiger partial charge in [0, 0.05) is 63.9 Å². The first-order valence-electron chi connectivity index (χ1n) is 16.4. The Labute approximate surface area is 297 Å². The van der Waals surface area contributed by atoms with Crippen molar-refractivity contribution in [1.29, 1.82) is 0 Å². The Hall–Kier alpha value is -2.44. The van der Waals surface area contributed by atoms with Crippen molar-refractivity contribution < 1.29 is 30.0 Å². The van der Waals surface area contributed by atoms with Crippen LogP contribution >= 0.6 is 22.7 Å². The Bertz CT molecular complexity index is 1820. The van der Waals surface area contributed by atoms with E-state index in [0.717, 1.165) is 54.6 Å². The molecule has 5 rings (SSSR count). The summed E-state index contributed by atoms with van der Waals surface area (Å²) in [6, 6.07) is 14.8. The third kappa shape index (κ3) is 8.72. The van der Waals surface area contributed by atoms with E-state index in [4.69, 9.17) is 0 Å². The van der Waals surface area contributed by atoms with Gasteiger partial charge >= 0.3 is 0 Å². The molecule has 5 aromatic rings. The monoisotopic (exact) mass is 834 g/mol. The maximum Gasteiger partial charge on any atom is 0.162 e. The normalized spacial score (nSPS) is 12.2. The van der Waals surface area contributed by atoms with Crippen LogP contribution in [-0.4, -0.2) is 21.1 Å². The standard InChI is InChI=1S/C26H25N2S2.C13H24O2.Ir/c1-14-9-15(2)11-18(10-14)22-24-21(16(3)27-28-22)25-23(30-24)19-8-7-17(12-20(19)29-25)13-26(4,5)6;1-5-10(6-2)12(14)9-13(15)11(7-3)8-4;/h7-10,12H,13H2,1-6H3;9-11,14H,5-8H2,1-4H3;/q-1;;/b;12-9-;. The van der Waals surface area contributed by atoms with Crippen molar-refractivity contribution in [2.75, 3.05) is 0 Å². The number of rotatable bonds is 9. The molecule has 0 unspecified atom stereocenters. The molecule has 0 atom stereocenters. The van der Waals surface area contributed by atoms with E-state index in [1.54, 1.807) is 0 Å². The molecule has 0 aliphatic heterocycles. The van der Waals surface area contributed by atoms with Crippen LogP contribution in [0.4, 0.5) is 0 Å². The van der Waals surface area contributed by atoms with E-state index in [1.807, 2.05) is 50.4 Å². The minimum absolute atomic E-state index is 0. The van der Waals surface area contributed by atoms with Gasteiger partial charge in [0.1, 0.15) is 0 Å². The largest absolute Gasteiger partial charge is 0.512 e. The Morgan fingerprint density at radius 2 is 1.54 bits per heavy atom. The molecule has 0 amide bonds. The molecule has 0 saturated carbocycles. The number of carbonyl (C=O) groups is 1. The fraction of sp³-hybridized carbons (Fsp3) is 0.462. The molecule has 4 nitrogen and oxygen atoms in total. The maximum absolute atomic E-state index is 11.7. The summed E-state index contributed by atoms with van der Waals surface area (Å²) < 4.78 is 5.30. The smallest absolute Gasteiger partial charge is 0.162 e. The van der Waals surface area contributed by atoms with Crippen molar-refractivity contribution in [2.45, 2.75) is 101 Å². The first kappa shape index (κ1) is 38.0. The summed E-state index contributed by atoms with van der Waals surface area (Å²) in [4.78, 5) is 11.7. The van der Waals surface area contributed by atoms with Gasteiger partial charge in [-0.1, -0.05) is 74.4 Å². The maximum atomic E-state index is 11.7. The average Bonchev–Trinajstić information content (AvgIpc) is 3.50. The van der Waals surface area contributed by atoms with E-state index in [-0.39, 0.29) is 43.5 Å². The summed E-state index contributed by atoms with van der Waals surface area (Å²) in [5.41, 5.74) is 7.06. The van der Waals surface area contributed by atoms with Crippen LogP contribution in [0.15, 0.2) is 42.2 Å². The Morgan fingerprint density at radius 1 is 0.891 bits per heavy atom. The molecular formula is C39H49IrN2O2S2-. The van der Waals surface area contributed by atoms with Crippen molar-refractivity contribution >= 4 is 58.0 Å². The van der Waals surface area contributed by atoms with Crippen LogP contribution in [0, 0.1) is 44.1 Å². The molecule has 2 aromatic carbocycles. The van der Waals surface area contributed by atoms with Crippen LogP contribution in [0.25, 0.3) is 40.8 Å². The van der Waals surface area contributed by atoms with Gasteiger partial charge in [-0.25, -0.2) is 0 Å². The van der Waals surface area contributed by atoms with Crippen LogP contribution in [-0.2, 0) is 31.3 Å². The molecule has 7 heteroatoms. The van der Waals surface area contributed by atoms with E-state index < -0.39 is 0 Å². The summed E-state index contributed by atoms with van der Waals surface area (Å²) in [6.07, 6.45) is 6.00. The molecule has 46 heavy (non-hydrogen) atoms. The first-order valence-corrected chi connectivity index (χ1v) is 18.0. The van der Waals surface area contributed by atoms with Crippen LogP contribution < -0.4 is 0 Å². The van der Waals surface area contributed by atoms with Crippen molar-refractivity contribution in [2.24, 2.45) is 17.3 Å². The molecule has 0 bridgehead atoms. The fourth-order valence-electron chi connectivity index (χ4n) is 6.06. The number of nitrogens with zero attached hydrogens (tertiary/aromatic N) is 2. The third-order valence-corrected chi connectivity index (χ3v) is 11.0. The van der Waals surface area contributed by atoms with Gasteiger partial charge in [-0.2, -0.15) is 10.2 Å². The SMILES string of the molecule is CCC(CC)C(=O)/C=C(\O)C(CC)CC.Cc1[c-]c(-c2nnc(C)c3c2sc2c4ccc(CC(C)(C)C)cc4sc23)cc(C)c1.[Ir]. The number of carbonyl (C=O) groups excluding carboxylic acids is 1. The zero-order valence-corrected chi connectivity index (χ0v) is 33.1. The first-order chi connectivity index (χ1) is 21.3. The predicted molar refractivity (Wildman–Crippen MR) is 196 cm³/mol. The summed E-state index contributed by atoms with van der Waals surface area (Å²) in [5.74, 6) is 0.547. The Morgan fingerprint density at radius 3 is 2.13 bits per heavy atom. The molecule has 0 aliphatic carbocycles. The third-order valence-electron chi connectivity index (χ3n) is 8.46. The number of hydrogen-bond donors (Lipinski definition) is 1. The average molecular weight is 834 g/mol. The Balaban J connectivity index is 0.000000309.